The van der Waals surface area contributed by atoms with E-state index in [1.807, 2.05) is 0 Å². The van der Waals surface area contributed by atoms with Crippen LogP contribution >= 0.6 is 0 Å². The summed E-state index contributed by atoms with van der Waals surface area (Å²) in [7, 11) is 0. The maximum atomic E-state index is 6.29. The molecule has 0 amide bonds. The Morgan fingerprint density at radius 1 is 1.24 bits per heavy atom. The molecule has 3 atom stereocenters. The number of unbranched alkanes of at least 4 members (excludes halogenated alkanes) is 3. The van der Waals surface area contributed by atoms with Gasteiger partial charge >= 0.3 is 0 Å². The first kappa shape index (κ1) is 17.4. The molecule has 3 aliphatic rings. The van der Waals surface area contributed by atoms with Crippen LogP contribution in [0.2, 0.25) is 0 Å². The van der Waals surface area contributed by atoms with E-state index >= 15 is 0 Å². The van der Waals surface area contributed by atoms with Gasteiger partial charge in [0.05, 0.1) is 6.61 Å². The number of nitrogens with one attached hydrogen (secondary N) is 1. The van der Waals surface area contributed by atoms with Gasteiger partial charge in [0, 0.05) is 30.7 Å². The van der Waals surface area contributed by atoms with E-state index in [0.29, 0.717) is 12.1 Å². The van der Waals surface area contributed by atoms with Gasteiger partial charge in [-0.1, -0.05) is 38.3 Å². The molecule has 0 aromatic heterocycles. The molecule has 1 aromatic rings. The van der Waals surface area contributed by atoms with Gasteiger partial charge in [0.2, 0.25) is 0 Å². The van der Waals surface area contributed by atoms with Gasteiger partial charge in [0.15, 0.2) is 0 Å². The summed E-state index contributed by atoms with van der Waals surface area (Å²) in [5.74, 6) is 2.02. The van der Waals surface area contributed by atoms with E-state index in [1.54, 1.807) is 0 Å². The molecule has 1 N–H and O–H groups in total. The monoisotopic (exact) mass is 342 g/mol. The molecule has 2 saturated heterocycles. The lowest BCUT2D eigenvalue weighted by molar-refractivity contribution is 0.0534. The molecule has 3 heteroatoms. The first-order chi connectivity index (χ1) is 12.4. The Kier molecular flexibility index (Phi) is 5.62. The van der Waals surface area contributed by atoms with Gasteiger partial charge in [-0.25, -0.2) is 0 Å². The Balaban J connectivity index is 1.49. The van der Waals surface area contributed by atoms with Crippen molar-refractivity contribution in [3.8, 4) is 5.75 Å². The third-order valence-corrected chi connectivity index (χ3v) is 6.53. The van der Waals surface area contributed by atoms with Crippen molar-refractivity contribution in [3.63, 3.8) is 0 Å². The SMILES string of the molecule is CCCCCCOc1cccc2c1C1CC3NCCCC3CN1CC2. The molecule has 138 valence electrons. The summed E-state index contributed by atoms with van der Waals surface area (Å²) in [6.07, 6.45) is 10.3. The molecule has 0 aliphatic carbocycles. The maximum Gasteiger partial charge on any atom is 0.124 e. The first-order valence-electron chi connectivity index (χ1n) is 10.6. The number of ether oxygens (including phenoxy) is 1. The second-order valence-corrected chi connectivity index (χ2v) is 8.20. The molecule has 0 spiro atoms. The summed E-state index contributed by atoms with van der Waals surface area (Å²) >= 11 is 0. The van der Waals surface area contributed by atoms with E-state index < -0.39 is 0 Å². The molecule has 3 nitrogen and oxygen atoms in total. The molecule has 4 rings (SSSR count). The number of rotatable bonds is 6. The number of piperidine rings is 2. The molecule has 3 aliphatic heterocycles. The molecule has 0 radical (unpaired) electrons. The Labute approximate surface area is 153 Å². The molecule has 1 aromatic carbocycles. The molecule has 25 heavy (non-hydrogen) atoms. The Morgan fingerprint density at radius 2 is 2.20 bits per heavy atom. The highest BCUT2D eigenvalue weighted by Gasteiger charge is 2.40. The Morgan fingerprint density at radius 3 is 3.12 bits per heavy atom. The van der Waals surface area contributed by atoms with Crippen LogP contribution in [0.3, 0.4) is 0 Å². The van der Waals surface area contributed by atoms with Crippen LogP contribution in [0.4, 0.5) is 0 Å². The fourth-order valence-corrected chi connectivity index (χ4v) is 5.17. The zero-order valence-electron chi connectivity index (χ0n) is 15.8. The fraction of sp³-hybridized carbons (Fsp3) is 0.727. The van der Waals surface area contributed by atoms with Crippen LogP contribution in [0.5, 0.6) is 5.75 Å². The second kappa shape index (κ2) is 8.09. The third kappa shape index (κ3) is 3.73. The summed E-state index contributed by atoms with van der Waals surface area (Å²) in [5.41, 5.74) is 3.04. The highest BCUT2D eigenvalue weighted by Crippen LogP contribution is 2.44. The minimum Gasteiger partial charge on any atom is -0.493 e. The van der Waals surface area contributed by atoms with Crippen LogP contribution in [-0.2, 0) is 6.42 Å². The van der Waals surface area contributed by atoms with Gasteiger partial charge in [-0.15, -0.1) is 0 Å². The zero-order valence-corrected chi connectivity index (χ0v) is 15.8. The number of nitrogens with zero attached hydrogens (tertiary/aromatic N) is 1. The van der Waals surface area contributed by atoms with Crippen molar-refractivity contribution in [1.29, 1.82) is 0 Å². The number of hydrogen-bond acceptors (Lipinski definition) is 3. The van der Waals surface area contributed by atoms with Crippen molar-refractivity contribution < 1.29 is 4.74 Å². The van der Waals surface area contributed by atoms with Crippen LogP contribution < -0.4 is 10.1 Å². The molecular weight excluding hydrogens is 308 g/mol. The zero-order chi connectivity index (χ0) is 17.1. The van der Waals surface area contributed by atoms with Gasteiger partial charge in [0.1, 0.15) is 5.75 Å². The predicted octanol–water partition coefficient (Wildman–Crippen LogP) is 4.32. The van der Waals surface area contributed by atoms with Crippen molar-refractivity contribution in [3.05, 3.63) is 29.3 Å². The van der Waals surface area contributed by atoms with Crippen molar-refractivity contribution >= 4 is 0 Å². The van der Waals surface area contributed by atoms with Crippen molar-refractivity contribution in [1.82, 2.24) is 10.2 Å². The summed E-state index contributed by atoms with van der Waals surface area (Å²) in [6, 6.07) is 8.00. The van der Waals surface area contributed by atoms with Gasteiger partial charge < -0.3 is 10.1 Å². The van der Waals surface area contributed by atoms with Gasteiger partial charge in [0.25, 0.3) is 0 Å². The van der Waals surface area contributed by atoms with E-state index in [9.17, 15) is 0 Å². The van der Waals surface area contributed by atoms with E-state index in [1.165, 1.54) is 82.1 Å². The molecule has 3 unspecified atom stereocenters. The van der Waals surface area contributed by atoms with Gasteiger partial charge in [-0.3, -0.25) is 4.90 Å². The number of benzene rings is 1. The van der Waals surface area contributed by atoms with Crippen molar-refractivity contribution in [2.45, 2.75) is 70.4 Å². The van der Waals surface area contributed by atoms with Gasteiger partial charge in [-0.2, -0.15) is 0 Å². The highest BCUT2D eigenvalue weighted by atomic mass is 16.5. The van der Waals surface area contributed by atoms with E-state index in [4.69, 9.17) is 4.74 Å². The fourth-order valence-electron chi connectivity index (χ4n) is 5.17. The average Bonchev–Trinajstić information content (AvgIpc) is 2.66. The van der Waals surface area contributed by atoms with Gasteiger partial charge in [-0.05, 0) is 56.2 Å². The lowest BCUT2D eigenvalue weighted by Crippen LogP contribution is -2.54. The minimum absolute atomic E-state index is 0.558. The quantitative estimate of drug-likeness (QED) is 0.779. The van der Waals surface area contributed by atoms with Crippen LogP contribution in [0.1, 0.15) is 69.0 Å². The van der Waals surface area contributed by atoms with E-state index in [-0.39, 0.29) is 0 Å². The molecular formula is C22H34N2O. The Bertz CT molecular complexity index is 573. The molecule has 2 fully saturated rings. The molecule has 0 saturated carbocycles. The normalized spacial score (nSPS) is 28.8. The number of hydrogen-bond donors (Lipinski definition) is 1. The van der Waals surface area contributed by atoms with Crippen LogP contribution in [0.25, 0.3) is 0 Å². The van der Waals surface area contributed by atoms with E-state index in [0.717, 1.165) is 18.3 Å². The predicted molar refractivity (Wildman–Crippen MR) is 103 cm³/mol. The minimum atomic E-state index is 0.558. The molecule has 0 bridgehead atoms. The van der Waals surface area contributed by atoms with E-state index in [2.05, 4.69) is 35.3 Å². The average molecular weight is 343 g/mol. The first-order valence-corrected chi connectivity index (χ1v) is 10.6. The third-order valence-electron chi connectivity index (χ3n) is 6.53. The summed E-state index contributed by atoms with van der Waals surface area (Å²) in [6.45, 7) is 6.83. The van der Waals surface area contributed by atoms with Crippen molar-refractivity contribution in [2.75, 3.05) is 26.2 Å². The summed E-state index contributed by atoms with van der Waals surface area (Å²) in [5, 5.41) is 3.80. The Hall–Kier alpha value is -1.06. The van der Waals surface area contributed by atoms with Crippen LogP contribution in [0.15, 0.2) is 18.2 Å². The highest BCUT2D eigenvalue weighted by molar-refractivity contribution is 5.44. The second-order valence-electron chi connectivity index (χ2n) is 8.20. The number of fused-ring (bicyclic) bond motifs is 4. The maximum absolute atomic E-state index is 6.29. The largest absolute Gasteiger partial charge is 0.493 e. The van der Waals surface area contributed by atoms with Crippen molar-refractivity contribution in [2.24, 2.45) is 5.92 Å². The lowest BCUT2D eigenvalue weighted by atomic mass is 9.77. The smallest absolute Gasteiger partial charge is 0.124 e. The standard InChI is InChI=1S/C22H34N2O/c1-2-3-4-5-14-25-21-10-6-8-17-11-13-24-16-18-9-7-12-23-19(18)15-20(24)22(17)21/h6,8,10,18-20,23H,2-5,7,9,11-16H2,1H3. The van der Waals surface area contributed by atoms with Crippen LogP contribution in [0, 0.1) is 5.92 Å². The van der Waals surface area contributed by atoms with Crippen LogP contribution in [-0.4, -0.2) is 37.2 Å². The summed E-state index contributed by atoms with van der Waals surface area (Å²) in [4.78, 5) is 2.75. The topological polar surface area (TPSA) is 24.5 Å². The lowest BCUT2D eigenvalue weighted by Gasteiger charge is -2.49. The molecule has 3 heterocycles. The summed E-state index contributed by atoms with van der Waals surface area (Å²) < 4.78 is 6.29.